The Kier molecular flexibility index (Phi) is 3.59. The van der Waals surface area contributed by atoms with Gasteiger partial charge in [0.25, 0.3) is 10.0 Å². The molecular formula is C8H8N2O5S. The minimum atomic E-state index is -4.09. The van der Waals surface area contributed by atoms with Gasteiger partial charge in [-0.05, 0) is 12.1 Å². The molecule has 0 saturated carbocycles. The minimum Gasteiger partial charge on any atom is -0.288 e. The van der Waals surface area contributed by atoms with Crippen LogP contribution < -0.4 is 10.2 Å². The van der Waals surface area contributed by atoms with Crippen molar-refractivity contribution in [3.05, 3.63) is 30.3 Å². The van der Waals surface area contributed by atoms with Crippen LogP contribution >= 0.6 is 0 Å². The summed E-state index contributed by atoms with van der Waals surface area (Å²) in [7, 11) is -4.09. The number of hydrogen-bond acceptors (Lipinski definition) is 5. The van der Waals surface area contributed by atoms with Crippen molar-refractivity contribution in [2.45, 2.75) is 4.90 Å². The predicted molar refractivity (Wildman–Crippen MR) is 51.7 cm³/mol. The molecule has 0 atom stereocenters. The highest BCUT2D eigenvalue weighted by Crippen LogP contribution is 2.06. The van der Waals surface area contributed by atoms with E-state index in [1.54, 1.807) is 6.07 Å². The van der Waals surface area contributed by atoms with Gasteiger partial charge in [0.1, 0.15) is 0 Å². The average molecular weight is 244 g/mol. The molecule has 0 saturated heterocycles. The van der Waals surface area contributed by atoms with Crippen molar-refractivity contribution in [3.8, 4) is 0 Å². The smallest absolute Gasteiger partial charge is 0.288 e. The van der Waals surface area contributed by atoms with E-state index in [1.165, 1.54) is 29.0 Å². The minimum absolute atomic E-state index is 0.158. The summed E-state index contributed by atoms with van der Waals surface area (Å²) < 4.78 is 24.4. The summed E-state index contributed by atoms with van der Waals surface area (Å²) in [5, 5.41) is 8.12. The molecule has 0 aliphatic rings. The second-order valence-electron chi connectivity index (χ2n) is 2.69. The van der Waals surface area contributed by atoms with E-state index in [9.17, 15) is 18.0 Å². The first-order valence-electron chi connectivity index (χ1n) is 4.03. The summed E-state index contributed by atoms with van der Waals surface area (Å²) in [6.07, 6.45) is 0. The molecule has 0 aromatic heterocycles. The van der Waals surface area contributed by atoms with Gasteiger partial charge in [-0.1, -0.05) is 18.2 Å². The van der Waals surface area contributed by atoms with Crippen molar-refractivity contribution < 1.29 is 23.2 Å². The second-order valence-corrected chi connectivity index (χ2v) is 4.37. The van der Waals surface area contributed by atoms with Crippen molar-refractivity contribution in [3.63, 3.8) is 0 Å². The molecule has 0 radical (unpaired) electrons. The van der Waals surface area contributed by atoms with Crippen LogP contribution in [0.1, 0.15) is 0 Å². The number of rotatable bonds is 2. The van der Waals surface area contributed by atoms with E-state index in [0.29, 0.717) is 0 Å². The van der Waals surface area contributed by atoms with E-state index in [4.69, 9.17) is 5.21 Å². The van der Waals surface area contributed by atoms with Crippen LogP contribution in [0.15, 0.2) is 35.2 Å². The average Bonchev–Trinajstić information content (AvgIpc) is 2.28. The number of sulfonamides is 1. The van der Waals surface area contributed by atoms with Crippen LogP contribution in [-0.2, 0) is 19.6 Å². The summed E-state index contributed by atoms with van der Waals surface area (Å²) in [5.41, 5.74) is 1.02. The molecule has 8 heteroatoms. The zero-order valence-corrected chi connectivity index (χ0v) is 8.69. The largest absolute Gasteiger partial charge is 0.333 e. The molecule has 0 fully saturated rings. The maximum atomic E-state index is 11.5. The number of hydroxylamine groups is 1. The SMILES string of the molecule is O=C(NO)C(=O)NS(=O)(=O)c1ccccc1. The van der Waals surface area contributed by atoms with Gasteiger partial charge < -0.3 is 0 Å². The molecule has 0 aliphatic carbocycles. The molecule has 0 bridgehead atoms. The highest BCUT2D eigenvalue weighted by Gasteiger charge is 2.21. The lowest BCUT2D eigenvalue weighted by molar-refractivity contribution is -0.143. The van der Waals surface area contributed by atoms with Gasteiger partial charge in [-0.25, -0.2) is 18.6 Å². The molecule has 0 spiro atoms. The van der Waals surface area contributed by atoms with Gasteiger partial charge in [0.2, 0.25) is 0 Å². The van der Waals surface area contributed by atoms with E-state index in [-0.39, 0.29) is 4.90 Å². The fraction of sp³-hybridized carbons (Fsp3) is 0. The van der Waals surface area contributed by atoms with Gasteiger partial charge in [-0.3, -0.25) is 14.8 Å². The van der Waals surface area contributed by atoms with Crippen LogP contribution in [-0.4, -0.2) is 25.4 Å². The lowest BCUT2D eigenvalue weighted by Gasteiger charge is -2.04. The third-order valence-corrected chi connectivity index (χ3v) is 2.94. The fourth-order valence-electron chi connectivity index (χ4n) is 0.878. The number of carbonyl (C=O) groups excluding carboxylic acids is 2. The standard InChI is InChI=1S/C8H8N2O5S/c11-7(9-13)8(12)10-16(14,15)6-4-2-1-3-5-6/h1-5,13H,(H,9,11)(H,10,12). The molecule has 7 nitrogen and oxygen atoms in total. The maximum Gasteiger partial charge on any atom is 0.333 e. The van der Waals surface area contributed by atoms with Crippen LogP contribution in [0.2, 0.25) is 0 Å². The third-order valence-electron chi connectivity index (χ3n) is 1.59. The first-order chi connectivity index (χ1) is 7.47. The molecule has 1 aromatic rings. The summed E-state index contributed by atoms with van der Waals surface area (Å²) >= 11 is 0. The fourth-order valence-corrected chi connectivity index (χ4v) is 1.85. The Bertz CT molecular complexity index is 496. The number of benzene rings is 1. The zero-order valence-electron chi connectivity index (χ0n) is 7.88. The first kappa shape index (κ1) is 12.1. The summed E-state index contributed by atoms with van der Waals surface area (Å²) in [6.45, 7) is 0. The summed E-state index contributed by atoms with van der Waals surface area (Å²) in [4.78, 5) is 21.3. The van der Waals surface area contributed by atoms with E-state index >= 15 is 0 Å². The van der Waals surface area contributed by atoms with Gasteiger partial charge >= 0.3 is 11.8 Å². The third kappa shape index (κ3) is 2.78. The second kappa shape index (κ2) is 4.73. The van der Waals surface area contributed by atoms with Gasteiger partial charge in [0.05, 0.1) is 4.90 Å². The molecule has 16 heavy (non-hydrogen) atoms. The summed E-state index contributed by atoms with van der Waals surface area (Å²) in [5.74, 6) is -2.93. The molecule has 86 valence electrons. The van der Waals surface area contributed by atoms with Crippen LogP contribution in [0.5, 0.6) is 0 Å². The van der Waals surface area contributed by atoms with Crippen LogP contribution in [0, 0.1) is 0 Å². The lowest BCUT2D eigenvalue weighted by atomic mass is 10.4. The Hall–Kier alpha value is -1.93. The van der Waals surface area contributed by atoms with Crippen molar-refractivity contribution in [1.29, 1.82) is 0 Å². The normalized spacial score (nSPS) is 10.6. The molecule has 2 amide bonds. The number of amides is 2. The highest BCUT2D eigenvalue weighted by molar-refractivity contribution is 7.90. The Morgan fingerprint density at radius 2 is 1.62 bits per heavy atom. The van der Waals surface area contributed by atoms with E-state index < -0.39 is 21.8 Å². The molecule has 1 rings (SSSR count). The van der Waals surface area contributed by atoms with E-state index in [1.807, 2.05) is 0 Å². The van der Waals surface area contributed by atoms with Crippen molar-refractivity contribution in [2.24, 2.45) is 0 Å². The van der Waals surface area contributed by atoms with Crippen molar-refractivity contribution >= 4 is 21.8 Å². The first-order valence-corrected chi connectivity index (χ1v) is 5.52. The van der Waals surface area contributed by atoms with Crippen LogP contribution in [0.25, 0.3) is 0 Å². The topological polar surface area (TPSA) is 113 Å². The van der Waals surface area contributed by atoms with Gasteiger partial charge in [-0.2, -0.15) is 0 Å². The lowest BCUT2D eigenvalue weighted by Crippen LogP contribution is -2.41. The van der Waals surface area contributed by atoms with Crippen LogP contribution in [0.3, 0.4) is 0 Å². The highest BCUT2D eigenvalue weighted by atomic mass is 32.2. The van der Waals surface area contributed by atoms with Crippen LogP contribution in [0.4, 0.5) is 0 Å². The Balaban J connectivity index is 2.90. The quantitative estimate of drug-likeness (QED) is 0.351. The Morgan fingerprint density at radius 3 is 2.12 bits per heavy atom. The maximum absolute atomic E-state index is 11.5. The Labute approximate surface area is 91.1 Å². The molecule has 0 unspecified atom stereocenters. The van der Waals surface area contributed by atoms with Gasteiger partial charge in [0, 0.05) is 0 Å². The molecule has 3 N–H and O–H groups in total. The Morgan fingerprint density at radius 1 is 1.06 bits per heavy atom. The van der Waals surface area contributed by atoms with Gasteiger partial charge in [-0.15, -0.1) is 0 Å². The summed E-state index contributed by atoms with van der Waals surface area (Å²) in [6, 6.07) is 7.04. The van der Waals surface area contributed by atoms with E-state index in [2.05, 4.69) is 0 Å². The number of nitrogens with one attached hydrogen (secondary N) is 2. The zero-order chi connectivity index (χ0) is 12.2. The molecule has 0 heterocycles. The van der Waals surface area contributed by atoms with E-state index in [0.717, 1.165) is 5.48 Å². The number of hydrogen-bond donors (Lipinski definition) is 3. The van der Waals surface area contributed by atoms with Gasteiger partial charge in [0.15, 0.2) is 0 Å². The van der Waals surface area contributed by atoms with Crippen molar-refractivity contribution in [1.82, 2.24) is 10.2 Å². The van der Waals surface area contributed by atoms with Crippen molar-refractivity contribution in [2.75, 3.05) is 0 Å². The molecular weight excluding hydrogens is 236 g/mol. The monoisotopic (exact) mass is 244 g/mol. The number of carbonyl (C=O) groups is 2. The molecule has 0 aliphatic heterocycles. The molecule has 1 aromatic carbocycles. The predicted octanol–water partition coefficient (Wildman–Crippen LogP) is -1.00.